The molecule has 0 bridgehead atoms. The first-order chi connectivity index (χ1) is 11.2. The van der Waals surface area contributed by atoms with Crippen molar-refractivity contribution < 1.29 is 9.90 Å². The Morgan fingerprint density at radius 3 is 2.33 bits per heavy atom. The Morgan fingerprint density at radius 1 is 0.917 bits per heavy atom. The van der Waals surface area contributed by atoms with Crippen LogP contribution in [0.2, 0.25) is 0 Å². The van der Waals surface area contributed by atoms with E-state index in [9.17, 15) is 9.90 Å². The molecule has 4 saturated carbocycles. The Labute approximate surface area is 147 Å². The number of aliphatic hydroxyl groups is 1. The molecule has 2 nitrogen and oxygen atoms in total. The molecule has 0 unspecified atom stereocenters. The second-order valence-corrected chi connectivity index (χ2v) is 10.5. The Balaban J connectivity index is 1.60. The fourth-order valence-corrected chi connectivity index (χ4v) is 7.87. The molecule has 4 aliphatic rings. The summed E-state index contributed by atoms with van der Waals surface area (Å²) in [5.74, 6) is 3.87. The van der Waals surface area contributed by atoms with E-state index in [0.717, 1.165) is 42.9 Å². The molecule has 1 N–H and O–H groups in total. The molecule has 0 aromatic heterocycles. The van der Waals surface area contributed by atoms with Crippen LogP contribution in [-0.2, 0) is 4.79 Å². The minimum absolute atomic E-state index is 0.133. The molecule has 8 atom stereocenters. The molecule has 136 valence electrons. The number of fused-ring (bicyclic) bond motifs is 5. The number of Topliss-reactive ketones (excluding diaryl/α,β-unsaturated/α-hetero) is 1. The van der Waals surface area contributed by atoms with E-state index in [1.165, 1.54) is 38.5 Å². The highest BCUT2D eigenvalue weighted by molar-refractivity contribution is 5.78. The lowest BCUT2D eigenvalue weighted by Crippen LogP contribution is -2.56. The van der Waals surface area contributed by atoms with Gasteiger partial charge in [0.2, 0.25) is 0 Å². The van der Waals surface area contributed by atoms with Crippen LogP contribution in [0.1, 0.15) is 85.5 Å². The van der Waals surface area contributed by atoms with E-state index in [1.54, 1.807) is 6.92 Å². The van der Waals surface area contributed by atoms with Crippen molar-refractivity contribution in [1.29, 1.82) is 0 Å². The molecule has 4 fully saturated rings. The molecule has 2 heteroatoms. The minimum Gasteiger partial charge on any atom is -0.390 e. The van der Waals surface area contributed by atoms with Gasteiger partial charge in [0.25, 0.3) is 0 Å². The summed E-state index contributed by atoms with van der Waals surface area (Å²) in [4.78, 5) is 11.9. The van der Waals surface area contributed by atoms with Gasteiger partial charge in [-0.3, -0.25) is 4.79 Å². The van der Waals surface area contributed by atoms with Gasteiger partial charge in [-0.2, -0.15) is 0 Å². The van der Waals surface area contributed by atoms with Crippen LogP contribution in [0.15, 0.2) is 0 Å². The SMILES string of the molecule is CC(=O)[C@H]1CC[C@@]2(C)[C@@H](CC[C@@H]3[C@@H]2CC[C@@]2(C)[C@H]3CC[C@@]2(C)O)C1. The summed E-state index contributed by atoms with van der Waals surface area (Å²) in [6, 6.07) is 0. The number of ketones is 1. The standard InChI is InChI=1S/C22H36O2/c1-14(23)15-7-10-20(2)16(13-15)5-6-17-18(20)8-11-21(3)19(17)9-12-22(21,4)24/h15-19,24H,5-13H2,1-4H3/t15-,16-,17+,18-,19-,20-,21-,22+/m0/s1. The Bertz CT molecular complexity index is 538. The molecule has 0 amide bonds. The second-order valence-electron chi connectivity index (χ2n) is 10.5. The van der Waals surface area contributed by atoms with E-state index >= 15 is 0 Å². The van der Waals surface area contributed by atoms with Crippen molar-refractivity contribution in [3.8, 4) is 0 Å². The monoisotopic (exact) mass is 332 g/mol. The molecule has 0 saturated heterocycles. The van der Waals surface area contributed by atoms with Crippen LogP contribution in [-0.4, -0.2) is 16.5 Å². The maximum atomic E-state index is 11.9. The summed E-state index contributed by atoms with van der Waals surface area (Å²) in [5.41, 5.74) is 0.116. The van der Waals surface area contributed by atoms with Gasteiger partial charge in [0.05, 0.1) is 5.60 Å². The van der Waals surface area contributed by atoms with Crippen molar-refractivity contribution in [2.24, 2.45) is 40.4 Å². The smallest absolute Gasteiger partial charge is 0.132 e. The quantitative estimate of drug-likeness (QED) is 0.735. The molecule has 0 aromatic carbocycles. The molecule has 0 radical (unpaired) electrons. The van der Waals surface area contributed by atoms with Crippen LogP contribution in [0.4, 0.5) is 0 Å². The third-order valence-electron chi connectivity index (χ3n) is 9.80. The number of hydrogen-bond donors (Lipinski definition) is 1. The molecular weight excluding hydrogens is 296 g/mol. The van der Waals surface area contributed by atoms with Gasteiger partial charge in [0.1, 0.15) is 5.78 Å². The number of carbonyl (C=O) groups is 1. The van der Waals surface area contributed by atoms with Crippen LogP contribution in [0.3, 0.4) is 0 Å². The summed E-state index contributed by atoms with van der Waals surface area (Å²) >= 11 is 0. The fourth-order valence-electron chi connectivity index (χ4n) is 7.87. The third-order valence-corrected chi connectivity index (χ3v) is 9.80. The highest BCUT2D eigenvalue weighted by Gasteiger charge is 2.63. The summed E-state index contributed by atoms with van der Waals surface area (Å²) < 4.78 is 0. The average Bonchev–Trinajstić information content (AvgIpc) is 2.76. The average molecular weight is 333 g/mol. The van der Waals surface area contributed by atoms with Crippen molar-refractivity contribution in [2.75, 3.05) is 0 Å². The largest absolute Gasteiger partial charge is 0.390 e. The number of rotatable bonds is 1. The molecule has 0 spiro atoms. The van der Waals surface area contributed by atoms with Gasteiger partial charge in [0.15, 0.2) is 0 Å². The molecule has 0 aliphatic heterocycles. The van der Waals surface area contributed by atoms with Crippen LogP contribution in [0.25, 0.3) is 0 Å². The lowest BCUT2D eigenvalue weighted by Gasteiger charge is -2.61. The van der Waals surface area contributed by atoms with Crippen molar-refractivity contribution in [3.63, 3.8) is 0 Å². The van der Waals surface area contributed by atoms with Crippen LogP contribution in [0.5, 0.6) is 0 Å². The van der Waals surface area contributed by atoms with E-state index in [0.29, 0.717) is 17.1 Å². The van der Waals surface area contributed by atoms with E-state index in [2.05, 4.69) is 20.8 Å². The lowest BCUT2D eigenvalue weighted by molar-refractivity contribution is -0.152. The zero-order chi connectivity index (χ0) is 17.3. The maximum Gasteiger partial charge on any atom is 0.132 e. The van der Waals surface area contributed by atoms with Gasteiger partial charge in [-0.15, -0.1) is 0 Å². The van der Waals surface area contributed by atoms with Crippen molar-refractivity contribution >= 4 is 5.78 Å². The Morgan fingerprint density at radius 2 is 1.62 bits per heavy atom. The number of hydrogen-bond acceptors (Lipinski definition) is 2. The topological polar surface area (TPSA) is 37.3 Å². The van der Waals surface area contributed by atoms with Crippen LogP contribution >= 0.6 is 0 Å². The van der Waals surface area contributed by atoms with Gasteiger partial charge in [-0.1, -0.05) is 13.8 Å². The first-order valence-electron chi connectivity index (χ1n) is 10.4. The predicted molar refractivity (Wildman–Crippen MR) is 96.5 cm³/mol. The second kappa shape index (κ2) is 5.32. The summed E-state index contributed by atoms with van der Waals surface area (Å²) in [5, 5.41) is 11.0. The highest BCUT2D eigenvalue weighted by atomic mass is 16.3. The normalized spacial score (nSPS) is 57.0. The van der Waals surface area contributed by atoms with E-state index in [-0.39, 0.29) is 5.41 Å². The summed E-state index contributed by atoms with van der Waals surface area (Å²) in [7, 11) is 0. The zero-order valence-corrected chi connectivity index (χ0v) is 16.1. The fraction of sp³-hybridized carbons (Fsp3) is 0.955. The first kappa shape index (κ1) is 17.1. The molecular formula is C22H36O2. The van der Waals surface area contributed by atoms with Crippen LogP contribution in [0, 0.1) is 40.4 Å². The van der Waals surface area contributed by atoms with Gasteiger partial charge >= 0.3 is 0 Å². The Hall–Kier alpha value is -0.370. The van der Waals surface area contributed by atoms with Gasteiger partial charge in [-0.05, 0) is 106 Å². The van der Waals surface area contributed by atoms with E-state index < -0.39 is 5.60 Å². The maximum absolute atomic E-state index is 11.9. The molecule has 0 heterocycles. The number of carbonyl (C=O) groups excluding carboxylic acids is 1. The zero-order valence-electron chi connectivity index (χ0n) is 16.1. The van der Waals surface area contributed by atoms with Crippen molar-refractivity contribution in [2.45, 2.75) is 91.1 Å². The minimum atomic E-state index is -0.466. The van der Waals surface area contributed by atoms with E-state index in [4.69, 9.17) is 0 Å². The van der Waals surface area contributed by atoms with E-state index in [1.807, 2.05) is 0 Å². The van der Waals surface area contributed by atoms with Gasteiger partial charge < -0.3 is 5.11 Å². The molecule has 4 rings (SSSR count). The first-order valence-corrected chi connectivity index (χ1v) is 10.4. The van der Waals surface area contributed by atoms with Gasteiger partial charge in [-0.25, -0.2) is 0 Å². The Kier molecular flexibility index (Phi) is 3.78. The third kappa shape index (κ3) is 2.14. The lowest BCUT2D eigenvalue weighted by atomic mass is 9.44. The van der Waals surface area contributed by atoms with Crippen molar-refractivity contribution in [1.82, 2.24) is 0 Å². The summed E-state index contributed by atoms with van der Waals surface area (Å²) in [6.45, 7) is 8.83. The van der Waals surface area contributed by atoms with Crippen LogP contribution < -0.4 is 0 Å². The summed E-state index contributed by atoms with van der Waals surface area (Å²) in [6.07, 6.45) is 10.9. The molecule has 4 aliphatic carbocycles. The highest BCUT2D eigenvalue weighted by Crippen LogP contribution is 2.68. The van der Waals surface area contributed by atoms with Gasteiger partial charge in [0, 0.05) is 5.92 Å². The predicted octanol–water partition coefficient (Wildman–Crippen LogP) is 4.99. The molecule has 0 aromatic rings. The van der Waals surface area contributed by atoms with Crippen molar-refractivity contribution in [3.05, 3.63) is 0 Å². The molecule has 24 heavy (non-hydrogen) atoms.